The maximum Gasteiger partial charge on any atom is 0.271 e. The van der Waals surface area contributed by atoms with E-state index in [1.165, 1.54) is 0 Å². The highest BCUT2D eigenvalue weighted by atomic mass is 127. The number of carbonyl (C=O) groups excluding carboxylic acids is 1. The van der Waals surface area contributed by atoms with E-state index >= 15 is 0 Å². The van der Waals surface area contributed by atoms with Crippen LogP contribution in [0.3, 0.4) is 0 Å². The van der Waals surface area contributed by atoms with Crippen LogP contribution in [0, 0.1) is 10.5 Å². The monoisotopic (exact) mass is 486 g/mol. The molecule has 138 valence electrons. The van der Waals surface area contributed by atoms with Crippen molar-refractivity contribution in [3.8, 4) is 11.5 Å². The molecule has 0 aromatic heterocycles. The van der Waals surface area contributed by atoms with Gasteiger partial charge in [0.1, 0.15) is 0 Å². The van der Waals surface area contributed by atoms with Gasteiger partial charge in [-0.3, -0.25) is 4.79 Å². The van der Waals surface area contributed by atoms with Crippen molar-refractivity contribution in [1.29, 1.82) is 0 Å². The number of aryl methyl sites for hydroxylation is 1. The first-order chi connectivity index (χ1) is 12.5. The average molecular weight is 487 g/mol. The molecule has 2 rings (SSSR count). The van der Waals surface area contributed by atoms with Crippen LogP contribution in [-0.4, -0.2) is 25.3 Å². The molecule has 0 saturated heterocycles. The van der Waals surface area contributed by atoms with E-state index in [9.17, 15) is 4.79 Å². The summed E-state index contributed by atoms with van der Waals surface area (Å²) in [6.07, 6.45) is 1.56. The second-order valence-electron chi connectivity index (χ2n) is 5.36. The minimum atomic E-state index is -0.325. The molecule has 2 aromatic rings. The van der Waals surface area contributed by atoms with Gasteiger partial charge in [-0.2, -0.15) is 5.10 Å². The summed E-state index contributed by atoms with van der Waals surface area (Å²) in [7, 11) is 0. The molecule has 1 amide bonds. The van der Waals surface area contributed by atoms with E-state index in [1.807, 2.05) is 32.9 Å². The van der Waals surface area contributed by atoms with Crippen molar-refractivity contribution in [2.45, 2.75) is 20.8 Å². The predicted molar refractivity (Wildman–Crippen MR) is 113 cm³/mol. The molecule has 0 aliphatic heterocycles. The third-order valence-electron chi connectivity index (χ3n) is 3.43. The van der Waals surface area contributed by atoms with Gasteiger partial charge in [-0.1, -0.05) is 17.7 Å². The highest BCUT2D eigenvalue weighted by Gasteiger charge is 2.11. The Morgan fingerprint density at radius 3 is 2.62 bits per heavy atom. The average Bonchev–Trinajstić information content (AvgIpc) is 2.60. The molecule has 0 aliphatic carbocycles. The van der Waals surface area contributed by atoms with Crippen molar-refractivity contribution in [2.75, 3.05) is 13.2 Å². The van der Waals surface area contributed by atoms with Crippen molar-refractivity contribution < 1.29 is 14.3 Å². The lowest BCUT2D eigenvalue weighted by Gasteiger charge is -2.13. The normalized spacial score (nSPS) is 10.8. The van der Waals surface area contributed by atoms with Crippen LogP contribution in [0.4, 0.5) is 0 Å². The van der Waals surface area contributed by atoms with Crippen LogP contribution in [0.25, 0.3) is 0 Å². The number of nitrogens with zero attached hydrogens (tertiary/aromatic N) is 1. The molecule has 0 atom stereocenters. The molecule has 26 heavy (non-hydrogen) atoms. The molecule has 0 bridgehead atoms. The summed E-state index contributed by atoms with van der Waals surface area (Å²) >= 11 is 8.23. The fourth-order valence-electron chi connectivity index (χ4n) is 2.17. The van der Waals surface area contributed by atoms with E-state index in [1.54, 1.807) is 24.4 Å². The highest BCUT2D eigenvalue weighted by molar-refractivity contribution is 14.1. The number of benzene rings is 2. The molecule has 0 heterocycles. The van der Waals surface area contributed by atoms with Gasteiger partial charge in [0.25, 0.3) is 5.91 Å². The minimum Gasteiger partial charge on any atom is -0.490 e. The van der Waals surface area contributed by atoms with E-state index < -0.39 is 0 Å². The molecule has 0 unspecified atom stereocenters. The SMILES string of the molecule is CCOc1cc(/C=N\NC(=O)c2ccc(C)c(Cl)c2)cc(I)c1OCC. The Hall–Kier alpha value is -1.80. The third kappa shape index (κ3) is 5.35. The molecule has 2 aromatic carbocycles. The van der Waals surface area contributed by atoms with E-state index in [0.717, 1.165) is 14.7 Å². The smallest absolute Gasteiger partial charge is 0.271 e. The number of amides is 1. The van der Waals surface area contributed by atoms with E-state index in [4.69, 9.17) is 21.1 Å². The number of carbonyl (C=O) groups is 1. The lowest BCUT2D eigenvalue weighted by atomic mass is 10.1. The molecule has 1 N–H and O–H groups in total. The second-order valence-corrected chi connectivity index (χ2v) is 6.93. The van der Waals surface area contributed by atoms with Crippen molar-refractivity contribution in [3.05, 3.63) is 55.6 Å². The fourth-order valence-corrected chi connectivity index (χ4v) is 3.14. The Balaban J connectivity index is 2.14. The zero-order chi connectivity index (χ0) is 19.1. The number of hydrogen-bond donors (Lipinski definition) is 1. The van der Waals surface area contributed by atoms with Gasteiger partial charge in [-0.15, -0.1) is 0 Å². The summed E-state index contributed by atoms with van der Waals surface area (Å²) in [5, 5.41) is 4.57. The van der Waals surface area contributed by atoms with Gasteiger partial charge in [0, 0.05) is 10.6 Å². The first-order valence-corrected chi connectivity index (χ1v) is 9.60. The summed E-state index contributed by atoms with van der Waals surface area (Å²) in [5.41, 5.74) is 4.67. The minimum absolute atomic E-state index is 0.325. The zero-order valence-electron chi connectivity index (χ0n) is 14.8. The second kappa shape index (κ2) is 9.78. The van der Waals surface area contributed by atoms with Crippen LogP contribution >= 0.6 is 34.2 Å². The van der Waals surface area contributed by atoms with Gasteiger partial charge in [0.05, 0.1) is 23.0 Å². The molecule has 0 spiro atoms. The Bertz CT molecular complexity index is 825. The molecule has 0 fully saturated rings. The van der Waals surface area contributed by atoms with Gasteiger partial charge in [-0.05, 0) is 78.8 Å². The molecule has 0 saturated carbocycles. The summed E-state index contributed by atoms with van der Waals surface area (Å²) < 4.78 is 12.2. The maximum atomic E-state index is 12.1. The molecular formula is C19H20ClIN2O3. The van der Waals surface area contributed by atoms with Gasteiger partial charge in [0.2, 0.25) is 0 Å². The Kier molecular flexibility index (Phi) is 7.71. The summed E-state index contributed by atoms with van der Waals surface area (Å²) in [6.45, 7) is 6.80. The zero-order valence-corrected chi connectivity index (χ0v) is 17.7. The van der Waals surface area contributed by atoms with Crippen LogP contribution < -0.4 is 14.9 Å². The summed E-state index contributed by atoms with van der Waals surface area (Å²) in [6, 6.07) is 8.86. The first-order valence-electron chi connectivity index (χ1n) is 8.15. The Morgan fingerprint density at radius 1 is 1.23 bits per heavy atom. The summed E-state index contributed by atoms with van der Waals surface area (Å²) in [5.74, 6) is 1.04. The third-order valence-corrected chi connectivity index (χ3v) is 4.64. The van der Waals surface area contributed by atoms with E-state index in [-0.39, 0.29) is 5.91 Å². The van der Waals surface area contributed by atoms with Crippen molar-refractivity contribution >= 4 is 46.3 Å². The number of nitrogens with one attached hydrogen (secondary N) is 1. The van der Waals surface area contributed by atoms with Crippen molar-refractivity contribution in [3.63, 3.8) is 0 Å². The van der Waals surface area contributed by atoms with Crippen molar-refractivity contribution in [1.82, 2.24) is 5.43 Å². The van der Waals surface area contributed by atoms with Gasteiger partial charge < -0.3 is 9.47 Å². The fraction of sp³-hybridized carbons (Fsp3) is 0.263. The number of ether oxygens (including phenoxy) is 2. The number of hydrazone groups is 1. The Morgan fingerprint density at radius 2 is 1.96 bits per heavy atom. The number of hydrogen-bond acceptors (Lipinski definition) is 4. The van der Waals surface area contributed by atoms with Crippen LogP contribution in [0.1, 0.15) is 35.3 Å². The summed E-state index contributed by atoms with van der Waals surface area (Å²) in [4.78, 5) is 12.1. The van der Waals surface area contributed by atoms with E-state index in [2.05, 4.69) is 33.1 Å². The van der Waals surface area contributed by atoms with Gasteiger partial charge in [-0.25, -0.2) is 5.43 Å². The van der Waals surface area contributed by atoms with Crippen LogP contribution in [0.5, 0.6) is 11.5 Å². The van der Waals surface area contributed by atoms with Gasteiger partial charge >= 0.3 is 0 Å². The van der Waals surface area contributed by atoms with Crippen LogP contribution in [-0.2, 0) is 0 Å². The molecule has 5 nitrogen and oxygen atoms in total. The molecule has 7 heteroatoms. The number of rotatable bonds is 7. The first kappa shape index (κ1) is 20.5. The lowest BCUT2D eigenvalue weighted by Crippen LogP contribution is -2.17. The highest BCUT2D eigenvalue weighted by Crippen LogP contribution is 2.33. The van der Waals surface area contributed by atoms with Crippen LogP contribution in [0.15, 0.2) is 35.4 Å². The topological polar surface area (TPSA) is 59.9 Å². The van der Waals surface area contributed by atoms with Gasteiger partial charge in [0.15, 0.2) is 11.5 Å². The lowest BCUT2D eigenvalue weighted by molar-refractivity contribution is 0.0955. The quantitative estimate of drug-likeness (QED) is 0.347. The van der Waals surface area contributed by atoms with Crippen molar-refractivity contribution in [2.24, 2.45) is 5.10 Å². The predicted octanol–water partition coefficient (Wildman–Crippen LogP) is 4.81. The standard InChI is InChI=1S/C19H20ClIN2O3/c1-4-25-17-9-13(8-16(21)18(17)26-5-2)11-22-23-19(24)14-7-6-12(3)15(20)10-14/h6-11H,4-5H2,1-3H3,(H,23,24)/b22-11-. The maximum absolute atomic E-state index is 12.1. The van der Waals surface area contributed by atoms with Crippen LogP contribution in [0.2, 0.25) is 5.02 Å². The number of halogens is 2. The largest absolute Gasteiger partial charge is 0.490 e. The van der Waals surface area contributed by atoms with E-state index in [0.29, 0.717) is 35.3 Å². The Labute approximate surface area is 171 Å². The molecule has 0 aliphatic rings. The molecule has 0 radical (unpaired) electrons. The molecular weight excluding hydrogens is 467 g/mol.